The number of hydrogen-bond acceptors (Lipinski definition) is 4. The summed E-state index contributed by atoms with van der Waals surface area (Å²) >= 11 is 0. The Bertz CT molecular complexity index is 601. The maximum Gasteiger partial charge on any atom is 0.307 e. The molecule has 0 radical (unpaired) electrons. The summed E-state index contributed by atoms with van der Waals surface area (Å²) in [6.45, 7) is 3.99. The maximum atomic E-state index is 12.5. The largest absolute Gasteiger partial charge is 0.481 e. The van der Waals surface area contributed by atoms with Crippen LogP contribution in [0.5, 0.6) is 0 Å². The van der Waals surface area contributed by atoms with Crippen molar-refractivity contribution in [3.05, 3.63) is 23.5 Å². The molecule has 6 heteroatoms. The Morgan fingerprint density at radius 3 is 2.48 bits per heavy atom. The van der Waals surface area contributed by atoms with E-state index >= 15 is 0 Å². The number of aromatic nitrogens is 1. The van der Waals surface area contributed by atoms with E-state index in [1.807, 2.05) is 13.8 Å². The molecular weight excluding hydrogens is 272 g/mol. The van der Waals surface area contributed by atoms with Gasteiger partial charge in [-0.3, -0.25) is 9.59 Å². The molecule has 1 aromatic heterocycles. The Labute approximate surface area is 122 Å². The Morgan fingerprint density at radius 1 is 1.29 bits per heavy atom. The van der Waals surface area contributed by atoms with Crippen LogP contribution in [-0.4, -0.2) is 22.1 Å². The molecule has 2 fully saturated rings. The quantitative estimate of drug-likeness (QED) is 0.833. The molecule has 21 heavy (non-hydrogen) atoms. The molecule has 0 spiro atoms. The van der Waals surface area contributed by atoms with Crippen LogP contribution in [0, 0.1) is 23.7 Å². The topological polar surface area (TPSA) is 92.4 Å². The molecule has 0 aliphatic heterocycles. The highest BCUT2D eigenvalue weighted by atomic mass is 16.5. The van der Waals surface area contributed by atoms with Gasteiger partial charge in [-0.1, -0.05) is 16.3 Å². The number of aliphatic carboxylic acids is 1. The van der Waals surface area contributed by atoms with Crippen LogP contribution in [0.2, 0.25) is 0 Å². The van der Waals surface area contributed by atoms with Crippen LogP contribution in [0.4, 0.5) is 5.82 Å². The van der Waals surface area contributed by atoms with Crippen LogP contribution in [0.3, 0.4) is 0 Å². The fourth-order valence-corrected chi connectivity index (χ4v) is 4.09. The number of anilines is 1. The summed E-state index contributed by atoms with van der Waals surface area (Å²) in [5.41, 5.74) is 2.31. The van der Waals surface area contributed by atoms with Crippen LogP contribution in [0.15, 0.2) is 28.0 Å². The van der Waals surface area contributed by atoms with Crippen molar-refractivity contribution < 1.29 is 19.2 Å². The number of carbonyl (C=O) groups is 2. The number of nitrogens with one attached hydrogen (secondary N) is 1. The number of rotatable bonds is 3. The highest BCUT2D eigenvalue weighted by Gasteiger charge is 2.57. The molecule has 112 valence electrons. The van der Waals surface area contributed by atoms with E-state index in [1.54, 1.807) is 6.07 Å². The zero-order chi connectivity index (χ0) is 15.1. The fourth-order valence-electron chi connectivity index (χ4n) is 4.09. The van der Waals surface area contributed by atoms with Gasteiger partial charge in [0.15, 0.2) is 5.82 Å². The van der Waals surface area contributed by atoms with Crippen LogP contribution >= 0.6 is 0 Å². The molecule has 3 rings (SSSR count). The van der Waals surface area contributed by atoms with Crippen molar-refractivity contribution in [3.63, 3.8) is 0 Å². The summed E-state index contributed by atoms with van der Waals surface area (Å²) in [5.74, 6) is -1.98. The molecule has 1 heterocycles. The number of allylic oxidation sites excluding steroid dienone is 2. The molecular formula is C15H18N2O4. The Balaban J connectivity index is 1.91. The predicted molar refractivity (Wildman–Crippen MR) is 74.3 cm³/mol. The molecule has 0 saturated heterocycles. The molecule has 1 aromatic rings. The molecule has 2 N–H and O–H groups in total. The monoisotopic (exact) mass is 290 g/mol. The third-order valence-electron chi connectivity index (χ3n) is 4.70. The molecule has 4 atom stereocenters. The van der Waals surface area contributed by atoms with Gasteiger partial charge in [0, 0.05) is 6.07 Å². The zero-order valence-electron chi connectivity index (χ0n) is 12.0. The van der Waals surface area contributed by atoms with Gasteiger partial charge >= 0.3 is 5.97 Å². The van der Waals surface area contributed by atoms with Crippen molar-refractivity contribution in [3.8, 4) is 0 Å². The number of hydrogen-bond donors (Lipinski definition) is 2. The van der Waals surface area contributed by atoms with Gasteiger partial charge in [-0.05, 0) is 38.5 Å². The van der Waals surface area contributed by atoms with E-state index in [2.05, 4.69) is 15.0 Å². The van der Waals surface area contributed by atoms with Gasteiger partial charge in [0.25, 0.3) is 0 Å². The number of carbonyl (C=O) groups excluding carboxylic acids is 1. The normalized spacial score (nSPS) is 30.5. The van der Waals surface area contributed by atoms with Gasteiger partial charge in [-0.25, -0.2) is 0 Å². The minimum Gasteiger partial charge on any atom is -0.481 e. The van der Waals surface area contributed by atoms with Crippen LogP contribution < -0.4 is 5.32 Å². The van der Waals surface area contributed by atoms with Gasteiger partial charge in [0.05, 0.1) is 11.8 Å². The van der Waals surface area contributed by atoms with Gasteiger partial charge in [0.1, 0.15) is 6.26 Å². The van der Waals surface area contributed by atoms with E-state index in [0.717, 1.165) is 18.4 Å². The van der Waals surface area contributed by atoms with Crippen molar-refractivity contribution >= 4 is 17.7 Å². The first-order valence-corrected chi connectivity index (χ1v) is 7.12. The van der Waals surface area contributed by atoms with E-state index < -0.39 is 17.8 Å². The zero-order valence-corrected chi connectivity index (χ0v) is 12.0. The molecule has 0 unspecified atom stereocenters. The SMILES string of the molecule is CC(C)=C1[C@H]2CC[C@H]1[C@H](C(=O)Nc1ccon1)[C@H]2C(=O)O. The minimum atomic E-state index is -0.888. The van der Waals surface area contributed by atoms with E-state index in [0.29, 0.717) is 5.82 Å². The lowest BCUT2D eigenvalue weighted by Crippen LogP contribution is -2.37. The van der Waals surface area contributed by atoms with E-state index in [-0.39, 0.29) is 17.7 Å². The molecule has 2 saturated carbocycles. The molecule has 2 aliphatic carbocycles. The van der Waals surface area contributed by atoms with Crippen molar-refractivity contribution in [2.24, 2.45) is 23.7 Å². The Hall–Kier alpha value is -2.11. The average molecular weight is 290 g/mol. The minimum absolute atomic E-state index is 0.00874. The van der Waals surface area contributed by atoms with Crippen LogP contribution in [0.1, 0.15) is 26.7 Å². The second-order valence-corrected chi connectivity index (χ2v) is 6.01. The van der Waals surface area contributed by atoms with Crippen molar-refractivity contribution in [1.82, 2.24) is 5.16 Å². The van der Waals surface area contributed by atoms with E-state index in [1.165, 1.54) is 11.8 Å². The molecule has 1 amide bonds. The summed E-state index contributed by atoms with van der Waals surface area (Å²) in [6.07, 6.45) is 3.11. The van der Waals surface area contributed by atoms with Gasteiger partial charge < -0.3 is 14.9 Å². The van der Waals surface area contributed by atoms with Crippen molar-refractivity contribution in [1.29, 1.82) is 0 Å². The number of carboxylic acid groups (broad SMARTS) is 1. The third kappa shape index (κ3) is 2.14. The van der Waals surface area contributed by atoms with Gasteiger partial charge in [-0.15, -0.1) is 0 Å². The fraction of sp³-hybridized carbons (Fsp3) is 0.533. The molecule has 6 nitrogen and oxygen atoms in total. The number of nitrogens with zero attached hydrogens (tertiary/aromatic N) is 1. The Kier molecular flexibility index (Phi) is 3.31. The second-order valence-electron chi connectivity index (χ2n) is 6.01. The summed E-state index contributed by atoms with van der Waals surface area (Å²) in [6, 6.07) is 1.54. The van der Waals surface area contributed by atoms with Crippen LogP contribution in [-0.2, 0) is 9.59 Å². The summed E-state index contributed by atoms with van der Waals surface area (Å²) in [4.78, 5) is 24.1. The second kappa shape index (κ2) is 5.02. The van der Waals surface area contributed by atoms with E-state index in [9.17, 15) is 14.7 Å². The number of carboxylic acids is 1. The number of amides is 1. The lowest BCUT2D eigenvalue weighted by molar-refractivity contribution is -0.148. The lowest BCUT2D eigenvalue weighted by Gasteiger charge is -2.25. The number of fused-ring (bicyclic) bond motifs is 2. The first kappa shape index (κ1) is 13.9. The smallest absolute Gasteiger partial charge is 0.307 e. The summed E-state index contributed by atoms with van der Waals surface area (Å²) < 4.78 is 4.68. The molecule has 0 aromatic carbocycles. The Morgan fingerprint density at radius 2 is 1.95 bits per heavy atom. The molecule has 2 bridgehead atoms. The maximum absolute atomic E-state index is 12.5. The highest BCUT2D eigenvalue weighted by Crippen LogP contribution is 2.57. The van der Waals surface area contributed by atoms with Crippen LogP contribution in [0.25, 0.3) is 0 Å². The van der Waals surface area contributed by atoms with Gasteiger partial charge in [0.2, 0.25) is 5.91 Å². The third-order valence-corrected chi connectivity index (χ3v) is 4.70. The van der Waals surface area contributed by atoms with Gasteiger partial charge in [-0.2, -0.15) is 0 Å². The first-order valence-electron chi connectivity index (χ1n) is 7.12. The first-order chi connectivity index (χ1) is 10.0. The lowest BCUT2D eigenvalue weighted by atomic mass is 9.79. The predicted octanol–water partition coefficient (Wildman–Crippen LogP) is 2.31. The summed E-state index contributed by atoms with van der Waals surface area (Å²) in [5, 5.41) is 15.9. The summed E-state index contributed by atoms with van der Waals surface area (Å²) in [7, 11) is 0. The molecule has 2 aliphatic rings. The standard InChI is InChI=1S/C15H18N2O4/c1-7(2)11-8-3-4-9(11)13(15(19)20)12(8)14(18)16-10-5-6-21-17-10/h5-6,8-9,12-13H,3-4H2,1-2H3,(H,19,20)(H,16,17,18)/t8-,9-,12+,13+/m1/s1. The van der Waals surface area contributed by atoms with Crippen molar-refractivity contribution in [2.75, 3.05) is 5.32 Å². The average Bonchev–Trinajstić information content (AvgIpc) is 3.11. The van der Waals surface area contributed by atoms with E-state index in [4.69, 9.17) is 0 Å². The van der Waals surface area contributed by atoms with Crippen molar-refractivity contribution in [2.45, 2.75) is 26.7 Å². The highest BCUT2D eigenvalue weighted by molar-refractivity contribution is 5.96.